The Bertz CT molecular complexity index is 1160. The number of carbonyl (C=O) groups is 2. The Morgan fingerprint density at radius 3 is 2.71 bits per heavy atom. The number of amides is 2. The number of carbonyl (C=O) groups excluding carboxylic acids is 2. The van der Waals surface area contributed by atoms with Crippen LogP contribution in [0.5, 0.6) is 11.5 Å². The minimum Gasteiger partial charge on any atom is -0.497 e. The molecule has 31 heavy (non-hydrogen) atoms. The molecule has 2 aromatic rings. The lowest BCUT2D eigenvalue weighted by molar-refractivity contribution is -0.122. The third-order valence-electron chi connectivity index (χ3n) is 5.47. The van der Waals surface area contributed by atoms with Crippen LogP contribution < -0.4 is 14.8 Å². The first-order valence-corrected chi connectivity index (χ1v) is 11.4. The van der Waals surface area contributed by atoms with Gasteiger partial charge < -0.3 is 14.8 Å². The molecule has 2 aromatic carbocycles. The summed E-state index contributed by atoms with van der Waals surface area (Å²) >= 11 is 0. The molecule has 0 saturated heterocycles. The normalized spacial score (nSPS) is 20.4. The topological polar surface area (TPSA) is 102 Å². The molecule has 0 bridgehead atoms. The second-order valence-corrected chi connectivity index (χ2v) is 10.0. The van der Waals surface area contributed by atoms with Gasteiger partial charge in [0.15, 0.2) is 0 Å². The van der Waals surface area contributed by atoms with E-state index in [-0.39, 0.29) is 35.4 Å². The summed E-state index contributed by atoms with van der Waals surface area (Å²) in [7, 11) is -2.36. The summed E-state index contributed by atoms with van der Waals surface area (Å²) < 4.78 is 37.4. The van der Waals surface area contributed by atoms with Crippen LogP contribution >= 0.6 is 0 Å². The van der Waals surface area contributed by atoms with Crippen LogP contribution in [0.15, 0.2) is 47.4 Å². The number of sulfonamides is 1. The molecule has 164 valence electrons. The largest absolute Gasteiger partial charge is 0.497 e. The fourth-order valence-electron chi connectivity index (χ4n) is 4.01. The predicted octanol–water partition coefficient (Wildman–Crippen LogP) is 2.65. The molecule has 9 heteroatoms. The third-order valence-corrected chi connectivity index (χ3v) is 7.31. The van der Waals surface area contributed by atoms with Crippen LogP contribution in [0.1, 0.15) is 48.7 Å². The molecule has 0 aromatic heterocycles. The summed E-state index contributed by atoms with van der Waals surface area (Å²) in [6, 6.07) is 11.2. The highest BCUT2D eigenvalue weighted by Gasteiger charge is 2.41. The van der Waals surface area contributed by atoms with E-state index in [9.17, 15) is 18.0 Å². The second kappa shape index (κ2) is 7.56. The highest BCUT2D eigenvalue weighted by Crippen LogP contribution is 2.41. The summed E-state index contributed by atoms with van der Waals surface area (Å²) in [6.07, 6.45) is 0.409. The number of benzene rings is 2. The number of rotatable bonds is 5. The predicted molar refractivity (Wildman–Crippen MR) is 112 cm³/mol. The maximum absolute atomic E-state index is 12.7. The fraction of sp³-hybridized carbons (Fsp3) is 0.364. The lowest BCUT2D eigenvalue weighted by Gasteiger charge is -2.38. The van der Waals surface area contributed by atoms with Gasteiger partial charge in [0.25, 0.3) is 15.9 Å². The van der Waals surface area contributed by atoms with E-state index in [4.69, 9.17) is 9.47 Å². The number of nitrogens with zero attached hydrogens (tertiary/aromatic N) is 1. The summed E-state index contributed by atoms with van der Waals surface area (Å²) in [6.45, 7) is 3.65. The van der Waals surface area contributed by atoms with Gasteiger partial charge in [0, 0.05) is 31.0 Å². The Morgan fingerprint density at radius 1 is 1.26 bits per heavy atom. The first-order chi connectivity index (χ1) is 14.6. The van der Waals surface area contributed by atoms with Crippen molar-refractivity contribution in [2.45, 2.75) is 43.2 Å². The zero-order chi connectivity index (χ0) is 22.4. The number of hydrogen-bond donors (Lipinski definition) is 1. The molecule has 0 radical (unpaired) electrons. The number of fused-ring (bicyclic) bond motifs is 2. The highest BCUT2D eigenvalue weighted by molar-refractivity contribution is 7.90. The maximum Gasteiger partial charge on any atom is 0.269 e. The first-order valence-electron chi connectivity index (χ1n) is 9.95. The SMILES string of the molecule is COc1ccc2c(c1)OC(C)(C)C[C@@H]2NC(=O)CCN1C(=O)c2ccccc2S1(=O)=O. The zero-order valence-electron chi connectivity index (χ0n) is 17.5. The van der Waals surface area contributed by atoms with Crippen molar-refractivity contribution < 1.29 is 27.5 Å². The monoisotopic (exact) mass is 444 g/mol. The minimum atomic E-state index is -3.93. The molecule has 1 atom stereocenters. The molecule has 4 rings (SSSR count). The van der Waals surface area contributed by atoms with Crippen LogP contribution in [-0.4, -0.2) is 43.8 Å². The second-order valence-electron chi connectivity index (χ2n) is 8.22. The third kappa shape index (κ3) is 3.85. The molecule has 0 spiro atoms. The lowest BCUT2D eigenvalue weighted by atomic mass is 9.89. The van der Waals surface area contributed by atoms with Crippen molar-refractivity contribution in [2.75, 3.05) is 13.7 Å². The Hall–Kier alpha value is -3.07. The average Bonchev–Trinajstić information content (AvgIpc) is 2.91. The summed E-state index contributed by atoms with van der Waals surface area (Å²) in [5.41, 5.74) is 0.454. The van der Waals surface area contributed by atoms with Gasteiger partial charge >= 0.3 is 0 Å². The number of ether oxygens (including phenoxy) is 2. The molecule has 0 aliphatic carbocycles. The summed E-state index contributed by atoms with van der Waals surface area (Å²) in [5, 5.41) is 2.96. The molecule has 0 saturated carbocycles. The Kier molecular flexibility index (Phi) is 5.17. The lowest BCUT2D eigenvalue weighted by Crippen LogP contribution is -2.42. The van der Waals surface area contributed by atoms with Gasteiger partial charge in [-0.05, 0) is 38.1 Å². The van der Waals surface area contributed by atoms with Gasteiger partial charge in [-0.1, -0.05) is 12.1 Å². The standard InChI is InChI=1S/C22H24N2O6S/c1-22(2)13-17(15-9-8-14(29-3)12-18(15)30-22)23-20(25)10-11-24-21(26)16-6-4-5-7-19(16)31(24,27)28/h4-9,12,17H,10-11,13H2,1-3H3,(H,23,25)/t17-/m0/s1. The van der Waals surface area contributed by atoms with Crippen molar-refractivity contribution in [3.05, 3.63) is 53.6 Å². The number of hydrogen-bond acceptors (Lipinski definition) is 6. The quantitative estimate of drug-likeness (QED) is 0.761. The van der Waals surface area contributed by atoms with Crippen molar-refractivity contribution in [3.8, 4) is 11.5 Å². The Morgan fingerprint density at radius 2 is 2.00 bits per heavy atom. The van der Waals surface area contributed by atoms with Crippen molar-refractivity contribution in [1.29, 1.82) is 0 Å². The molecule has 8 nitrogen and oxygen atoms in total. The zero-order valence-corrected chi connectivity index (χ0v) is 18.4. The Balaban J connectivity index is 1.47. The van der Waals surface area contributed by atoms with E-state index in [1.807, 2.05) is 19.9 Å². The molecular weight excluding hydrogens is 420 g/mol. The van der Waals surface area contributed by atoms with Gasteiger partial charge in [0.1, 0.15) is 22.0 Å². The summed E-state index contributed by atoms with van der Waals surface area (Å²) in [4.78, 5) is 25.2. The van der Waals surface area contributed by atoms with E-state index in [2.05, 4.69) is 5.32 Å². The molecule has 2 aliphatic rings. The molecule has 1 N–H and O–H groups in total. The van der Waals surface area contributed by atoms with Crippen LogP contribution in [0.4, 0.5) is 0 Å². The Labute approximate surface area is 181 Å². The minimum absolute atomic E-state index is 0.0190. The molecule has 2 amide bonds. The highest BCUT2D eigenvalue weighted by atomic mass is 32.2. The fourth-order valence-corrected chi connectivity index (χ4v) is 5.58. The van der Waals surface area contributed by atoms with Crippen LogP contribution in [0.25, 0.3) is 0 Å². The van der Waals surface area contributed by atoms with Gasteiger partial charge in [0.2, 0.25) is 5.91 Å². The van der Waals surface area contributed by atoms with E-state index in [1.54, 1.807) is 31.4 Å². The number of methoxy groups -OCH3 is 1. The van der Waals surface area contributed by atoms with Crippen molar-refractivity contribution in [2.24, 2.45) is 0 Å². The molecular formula is C22H24N2O6S. The van der Waals surface area contributed by atoms with Gasteiger partial charge in [-0.25, -0.2) is 12.7 Å². The molecule has 2 aliphatic heterocycles. The van der Waals surface area contributed by atoms with Crippen LogP contribution in [0.3, 0.4) is 0 Å². The van der Waals surface area contributed by atoms with E-state index in [0.717, 1.165) is 9.87 Å². The first kappa shape index (κ1) is 21.2. The van der Waals surface area contributed by atoms with Crippen molar-refractivity contribution in [3.63, 3.8) is 0 Å². The van der Waals surface area contributed by atoms with Crippen molar-refractivity contribution >= 4 is 21.8 Å². The van der Waals surface area contributed by atoms with Crippen molar-refractivity contribution in [1.82, 2.24) is 9.62 Å². The van der Waals surface area contributed by atoms with Gasteiger partial charge in [-0.15, -0.1) is 0 Å². The molecule has 0 fully saturated rings. The van der Waals surface area contributed by atoms with Gasteiger partial charge in [0.05, 0.1) is 18.7 Å². The van der Waals surface area contributed by atoms with Gasteiger partial charge in [-0.3, -0.25) is 9.59 Å². The molecule has 0 unspecified atom stereocenters. The van der Waals surface area contributed by atoms with Gasteiger partial charge in [-0.2, -0.15) is 0 Å². The van der Waals surface area contributed by atoms with E-state index < -0.39 is 21.5 Å². The van der Waals surface area contributed by atoms with Crippen LogP contribution in [0, 0.1) is 0 Å². The van der Waals surface area contributed by atoms with E-state index in [0.29, 0.717) is 17.9 Å². The van der Waals surface area contributed by atoms with Crippen LogP contribution in [0.2, 0.25) is 0 Å². The smallest absolute Gasteiger partial charge is 0.269 e. The molecule has 2 heterocycles. The summed E-state index contributed by atoms with van der Waals surface area (Å²) in [5.74, 6) is 0.337. The van der Waals surface area contributed by atoms with E-state index in [1.165, 1.54) is 12.1 Å². The maximum atomic E-state index is 12.7. The number of nitrogens with one attached hydrogen (secondary N) is 1. The average molecular weight is 445 g/mol. The van der Waals surface area contributed by atoms with Crippen LogP contribution in [-0.2, 0) is 14.8 Å². The van der Waals surface area contributed by atoms with E-state index >= 15 is 0 Å².